The van der Waals surface area contributed by atoms with Crippen LogP contribution in [0.2, 0.25) is 0 Å². The van der Waals surface area contributed by atoms with E-state index in [1.807, 2.05) is 10.3 Å². The van der Waals surface area contributed by atoms with Gasteiger partial charge in [0.1, 0.15) is 5.01 Å². The van der Waals surface area contributed by atoms with Crippen LogP contribution in [0, 0.1) is 5.92 Å². The summed E-state index contributed by atoms with van der Waals surface area (Å²) in [4.78, 5) is 21.7. The third kappa shape index (κ3) is 4.99. The Kier molecular flexibility index (Phi) is 6.40. The van der Waals surface area contributed by atoms with Gasteiger partial charge in [0.05, 0.1) is 25.3 Å². The number of hydrogen-bond donors (Lipinski definition) is 0. The highest BCUT2D eigenvalue weighted by Gasteiger charge is 2.21. The van der Waals surface area contributed by atoms with Gasteiger partial charge in [-0.2, -0.15) is 0 Å². The monoisotopic (exact) mass is 399 g/mol. The number of hydrogen-bond acceptors (Lipinski definition) is 5. The molecule has 0 bridgehead atoms. The zero-order chi connectivity index (χ0) is 19.3. The number of thiazole rings is 1. The fourth-order valence-electron chi connectivity index (χ4n) is 3.97. The molecule has 2 saturated heterocycles. The lowest BCUT2D eigenvalue weighted by atomic mass is 10.00. The van der Waals surface area contributed by atoms with Crippen LogP contribution < -0.4 is 0 Å². The number of nitrogens with zero attached hydrogens (tertiary/aromatic N) is 3. The minimum absolute atomic E-state index is 0.212. The quantitative estimate of drug-likeness (QED) is 0.773. The summed E-state index contributed by atoms with van der Waals surface area (Å²) in [7, 11) is 0. The molecule has 28 heavy (non-hydrogen) atoms. The Morgan fingerprint density at radius 2 is 2.00 bits per heavy atom. The van der Waals surface area contributed by atoms with Gasteiger partial charge in [-0.1, -0.05) is 31.2 Å². The molecule has 5 nitrogen and oxygen atoms in total. The second kappa shape index (κ2) is 9.16. The van der Waals surface area contributed by atoms with E-state index >= 15 is 0 Å². The molecule has 1 atom stereocenters. The van der Waals surface area contributed by atoms with Crippen LogP contribution in [0.5, 0.6) is 0 Å². The van der Waals surface area contributed by atoms with Gasteiger partial charge in [-0.25, -0.2) is 4.98 Å². The number of rotatable bonds is 5. The van der Waals surface area contributed by atoms with E-state index in [0.29, 0.717) is 12.3 Å². The molecule has 1 aromatic heterocycles. The number of ether oxygens (including phenoxy) is 1. The normalized spacial score (nSPS) is 21.0. The number of carbonyl (C=O) groups is 1. The van der Waals surface area contributed by atoms with E-state index in [0.717, 1.165) is 68.6 Å². The fraction of sp³-hybridized carbons (Fsp3) is 0.545. The van der Waals surface area contributed by atoms with Crippen LogP contribution in [0.4, 0.5) is 0 Å². The highest BCUT2D eigenvalue weighted by Crippen LogP contribution is 2.25. The molecule has 2 aliphatic rings. The van der Waals surface area contributed by atoms with E-state index in [1.54, 1.807) is 11.3 Å². The number of piperidine rings is 1. The molecule has 0 saturated carbocycles. The molecule has 1 amide bonds. The minimum Gasteiger partial charge on any atom is -0.379 e. The van der Waals surface area contributed by atoms with Gasteiger partial charge >= 0.3 is 0 Å². The number of aromatic nitrogens is 1. The van der Waals surface area contributed by atoms with Crippen LogP contribution in [-0.4, -0.2) is 60.1 Å². The molecule has 0 spiro atoms. The maximum Gasteiger partial charge on any atom is 0.228 e. The Balaban J connectivity index is 1.35. The SMILES string of the molecule is CC1CCCN(C(=O)Cc2csc(-c3ccc(CN4CCOCC4)cc3)n2)C1. The predicted molar refractivity (Wildman–Crippen MR) is 112 cm³/mol. The second-order valence-corrected chi connectivity index (χ2v) is 8.85. The highest BCUT2D eigenvalue weighted by atomic mass is 32.1. The van der Waals surface area contributed by atoms with Gasteiger partial charge in [-0.3, -0.25) is 9.69 Å². The summed E-state index contributed by atoms with van der Waals surface area (Å²) >= 11 is 1.62. The third-order valence-corrected chi connectivity index (χ3v) is 6.54. The Hall–Kier alpha value is -1.76. The first-order valence-corrected chi connectivity index (χ1v) is 11.2. The summed E-state index contributed by atoms with van der Waals surface area (Å²) in [6.07, 6.45) is 2.76. The lowest BCUT2D eigenvalue weighted by Crippen LogP contribution is -2.39. The van der Waals surface area contributed by atoms with Gasteiger partial charge in [0.15, 0.2) is 0 Å². The highest BCUT2D eigenvalue weighted by molar-refractivity contribution is 7.13. The molecule has 2 fully saturated rings. The molecule has 6 heteroatoms. The van der Waals surface area contributed by atoms with Crippen LogP contribution in [0.1, 0.15) is 31.0 Å². The van der Waals surface area contributed by atoms with Crippen LogP contribution in [0.15, 0.2) is 29.6 Å². The number of morpholine rings is 1. The van der Waals surface area contributed by atoms with Crippen LogP contribution >= 0.6 is 11.3 Å². The van der Waals surface area contributed by atoms with E-state index in [2.05, 4.69) is 36.1 Å². The molecule has 0 N–H and O–H groups in total. The van der Waals surface area contributed by atoms with Crippen LogP contribution in [-0.2, 0) is 22.5 Å². The maximum absolute atomic E-state index is 12.6. The van der Waals surface area contributed by atoms with Crippen molar-refractivity contribution in [3.63, 3.8) is 0 Å². The van der Waals surface area contributed by atoms with Crippen molar-refractivity contribution in [1.29, 1.82) is 0 Å². The van der Waals surface area contributed by atoms with Gasteiger partial charge < -0.3 is 9.64 Å². The van der Waals surface area contributed by atoms with Crippen molar-refractivity contribution in [1.82, 2.24) is 14.8 Å². The second-order valence-electron chi connectivity index (χ2n) is 7.99. The van der Waals surface area contributed by atoms with Crippen molar-refractivity contribution in [2.24, 2.45) is 5.92 Å². The molecule has 2 aromatic rings. The molecule has 4 rings (SSSR count). The van der Waals surface area contributed by atoms with Crippen molar-refractivity contribution in [2.45, 2.75) is 32.7 Å². The van der Waals surface area contributed by atoms with Crippen molar-refractivity contribution < 1.29 is 9.53 Å². The number of carbonyl (C=O) groups excluding carboxylic acids is 1. The first-order chi connectivity index (χ1) is 13.7. The van der Waals surface area contributed by atoms with Gasteiger partial charge in [0.2, 0.25) is 5.91 Å². The van der Waals surface area contributed by atoms with Crippen LogP contribution in [0.3, 0.4) is 0 Å². The van der Waals surface area contributed by atoms with E-state index in [1.165, 1.54) is 12.0 Å². The average Bonchev–Trinajstić information content (AvgIpc) is 3.18. The molecule has 2 aliphatic heterocycles. The standard InChI is InChI=1S/C22H29N3O2S/c1-17-3-2-8-25(14-17)21(26)13-20-16-28-22(23-20)19-6-4-18(5-7-19)15-24-9-11-27-12-10-24/h4-7,16-17H,2-3,8-15H2,1H3. The molecular weight excluding hydrogens is 370 g/mol. The molecular formula is C22H29N3O2S. The van der Waals surface area contributed by atoms with Gasteiger partial charge in [0, 0.05) is 43.7 Å². The van der Waals surface area contributed by atoms with Gasteiger partial charge in [-0.05, 0) is 24.3 Å². The van der Waals surface area contributed by atoms with Crippen molar-refractivity contribution in [2.75, 3.05) is 39.4 Å². The van der Waals surface area contributed by atoms with E-state index in [4.69, 9.17) is 9.72 Å². The first kappa shape index (κ1) is 19.6. The maximum atomic E-state index is 12.6. The first-order valence-electron chi connectivity index (χ1n) is 10.3. The largest absolute Gasteiger partial charge is 0.379 e. The summed E-state index contributed by atoms with van der Waals surface area (Å²) in [5.74, 6) is 0.823. The lowest BCUT2D eigenvalue weighted by Gasteiger charge is -2.30. The van der Waals surface area contributed by atoms with E-state index < -0.39 is 0 Å². The Bertz CT molecular complexity index is 783. The summed E-state index contributed by atoms with van der Waals surface area (Å²) < 4.78 is 5.41. The topological polar surface area (TPSA) is 45.7 Å². The molecule has 3 heterocycles. The molecule has 1 unspecified atom stereocenters. The molecule has 1 aromatic carbocycles. The van der Waals surface area contributed by atoms with Gasteiger partial charge in [-0.15, -0.1) is 11.3 Å². The number of likely N-dealkylation sites (tertiary alicyclic amines) is 1. The molecule has 0 radical (unpaired) electrons. The van der Waals surface area contributed by atoms with Gasteiger partial charge in [0.25, 0.3) is 0 Å². The Morgan fingerprint density at radius 1 is 1.21 bits per heavy atom. The zero-order valence-corrected chi connectivity index (χ0v) is 17.4. The summed E-state index contributed by atoms with van der Waals surface area (Å²) in [5.41, 5.74) is 3.33. The summed E-state index contributed by atoms with van der Waals surface area (Å²) in [6, 6.07) is 8.66. The lowest BCUT2D eigenvalue weighted by molar-refractivity contribution is -0.132. The Morgan fingerprint density at radius 3 is 2.75 bits per heavy atom. The van der Waals surface area contributed by atoms with E-state index in [-0.39, 0.29) is 5.91 Å². The van der Waals surface area contributed by atoms with E-state index in [9.17, 15) is 4.79 Å². The van der Waals surface area contributed by atoms with Crippen molar-refractivity contribution in [3.05, 3.63) is 40.9 Å². The summed E-state index contributed by atoms with van der Waals surface area (Å²) in [6.45, 7) is 8.64. The zero-order valence-electron chi connectivity index (χ0n) is 16.6. The van der Waals surface area contributed by atoms with Crippen molar-refractivity contribution >= 4 is 17.2 Å². The third-order valence-electron chi connectivity index (χ3n) is 5.60. The van der Waals surface area contributed by atoms with Crippen LogP contribution in [0.25, 0.3) is 10.6 Å². The average molecular weight is 400 g/mol. The smallest absolute Gasteiger partial charge is 0.228 e. The predicted octanol–water partition coefficient (Wildman–Crippen LogP) is 3.44. The molecule has 150 valence electrons. The fourth-order valence-corrected chi connectivity index (χ4v) is 4.80. The molecule has 0 aliphatic carbocycles. The summed E-state index contributed by atoms with van der Waals surface area (Å²) in [5, 5.41) is 3.02. The number of benzene rings is 1. The van der Waals surface area contributed by atoms with Crippen molar-refractivity contribution in [3.8, 4) is 10.6 Å². The Labute approximate surface area is 171 Å². The number of amides is 1. The minimum atomic E-state index is 0.212.